The Morgan fingerprint density at radius 2 is 1.82 bits per heavy atom. The lowest BCUT2D eigenvalue weighted by atomic mass is 10.1. The van der Waals surface area contributed by atoms with E-state index in [-0.39, 0.29) is 0 Å². The van der Waals surface area contributed by atoms with Crippen LogP contribution in [0.15, 0.2) is 30.3 Å². The topological polar surface area (TPSA) is 0 Å². The van der Waals surface area contributed by atoms with Crippen molar-refractivity contribution in [2.75, 3.05) is 0 Å². The Morgan fingerprint density at radius 1 is 1.18 bits per heavy atom. The minimum atomic E-state index is 0.325. The second-order valence-electron chi connectivity index (χ2n) is 4.35. The van der Waals surface area contributed by atoms with Gasteiger partial charge < -0.3 is 0 Å². The highest BCUT2D eigenvalue weighted by Gasteiger charge is 2.13. The van der Waals surface area contributed by atoms with Crippen molar-refractivity contribution in [2.45, 2.75) is 32.0 Å². The molecule has 0 spiro atoms. The van der Waals surface area contributed by atoms with Crippen molar-refractivity contribution in [1.29, 1.82) is 0 Å². The molecule has 0 aliphatic carbocycles. The first-order valence-corrected chi connectivity index (χ1v) is 7.65. The fraction of sp³-hybridized carbons (Fsp3) is 0.333. The SMILES string of the molecule is CCc1ccc(C(Br)c2cc(C)c(C)s2)cc1. The Bertz CT molecular complexity index is 477. The molecule has 2 heteroatoms. The molecular weight excluding hydrogens is 292 g/mol. The summed E-state index contributed by atoms with van der Waals surface area (Å²) in [5.74, 6) is 0. The van der Waals surface area contributed by atoms with Crippen molar-refractivity contribution in [3.05, 3.63) is 56.8 Å². The summed E-state index contributed by atoms with van der Waals surface area (Å²) in [6.45, 7) is 6.55. The molecule has 1 aromatic heterocycles. The summed E-state index contributed by atoms with van der Waals surface area (Å²) in [7, 11) is 0. The molecule has 0 nitrogen and oxygen atoms in total. The minimum absolute atomic E-state index is 0.325. The maximum Gasteiger partial charge on any atom is 0.0738 e. The molecule has 1 unspecified atom stereocenters. The largest absolute Gasteiger partial charge is 0.144 e. The molecule has 0 fully saturated rings. The fourth-order valence-corrected chi connectivity index (χ4v) is 3.58. The number of hydrogen-bond donors (Lipinski definition) is 0. The van der Waals surface area contributed by atoms with Crippen LogP contribution in [0.3, 0.4) is 0 Å². The van der Waals surface area contributed by atoms with Crippen LogP contribution >= 0.6 is 27.3 Å². The smallest absolute Gasteiger partial charge is 0.0738 e. The van der Waals surface area contributed by atoms with Gasteiger partial charge in [-0.1, -0.05) is 47.1 Å². The molecule has 90 valence electrons. The molecule has 17 heavy (non-hydrogen) atoms. The standard InChI is InChI=1S/C15H17BrS/c1-4-12-5-7-13(8-6-12)15(16)14-9-10(2)11(3)17-14/h5-9,15H,4H2,1-3H3. The molecule has 1 aromatic carbocycles. The van der Waals surface area contributed by atoms with Crippen LogP contribution in [0.2, 0.25) is 0 Å². The van der Waals surface area contributed by atoms with Crippen LogP contribution in [0.4, 0.5) is 0 Å². The van der Waals surface area contributed by atoms with E-state index in [1.807, 2.05) is 11.3 Å². The van der Waals surface area contributed by atoms with Crippen molar-refractivity contribution in [3.8, 4) is 0 Å². The highest BCUT2D eigenvalue weighted by molar-refractivity contribution is 9.09. The van der Waals surface area contributed by atoms with Crippen LogP contribution in [0, 0.1) is 13.8 Å². The third kappa shape index (κ3) is 2.80. The predicted molar refractivity (Wildman–Crippen MR) is 80.4 cm³/mol. The minimum Gasteiger partial charge on any atom is -0.144 e. The lowest BCUT2D eigenvalue weighted by molar-refractivity contribution is 1.12. The van der Waals surface area contributed by atoms with Gasteiger partial charge in [0.25, 0.3) is 0 Å². The Labute approximate surface area is 116 Å². The Morgan fingerprint density at radius 3 is 2.29 bits per heavy atom. The number of benzene rings is 1. The molecular formula is C15H17BrS. The zero-order valence-corrected chi connectivity index (χ0v) is 12.9. The summed E-state index contributed by atoms with van der Waals surface area (Å²) in [5.41, 5.74) is 4.12. The van der Waals surface area contributed by atoms with Crippen molar-refractivity contribution in [3.63, 3.8) is 0 Å². The van der Waals surface area contributed by atoms with Crippen LogP contribution in [-0.4, -0.2) is 0 Å². The summed E-state index contributed by atoms with van der Waals surface area (Å²) in [4.78, 5) is 3.13. The summed E-state index contributed by atoms with van der Waals surface area (Å²) in [6, 6.07) is 11.2. The summed E-state index contributed by atoms with van der Waals surface area (Å²) in [6.07, 6.45) is 1.10. The van der Waals surface area contributed by atoms with E-state index < -0.39 is 0 Å². The van der Waals surface area contributed by atoms with Gasteiger partial charge in [-0.2, -0.15) is 0 Å². The van der Waals surface area contributed by atoms with Crippen LogP contribution < -0.4 is 0 Å². The second-order valence-corrected chi connectivity index (χ2v) is 6.55. The molecule has 0 N–H and O–H groups in total. The van der Waals surface area contributed by atoms with E-state index in [0.717, 1.165) is 6.42 Å². The van der Waals surface area contributed by atoms with Crippen LogP contribution in [0.25, 0.3) is 0 Å². The van der Waals surface area contributed by atoms with Crippen LogP contribution in [0.1, 0.15) is 38.2 Å². The number of hydrogen-bond acceptors (Lipinski definition) is 1. The molecule has 0 amide bonds. The van der Waals surface area contributed by atoms with Crippen molar-refractivity contribution in [2.24, 2.45) is 0 Å². The third-order valence-corrected chi connectivity index (χ3v) is 5.66. The predicted octanol–water partition coefficient (Wildman–Crippen LogP) is 5.41. The summed E-state index contributed by atoms with van der Waals surface area (Å²) < 4.78 is 0. The summed E-state index contributed by atoms with van der Waals surface area (Å²) >= 11 is 5.68. The maximum absolute atomic E-state index is 3.80. The van der Waals surface area contributed by atoms with E-state index >= 15 is 0 Å². The number of halogens is 1. The highest BCUT2D eigenvalue weighted by atomic mass is 79.9. The molecule has 2 aromatic rings. The molecule has 0 radical (unpaired) electrons. The van der Waals surface area contributed by atoms with Crippen molar-refractivity contribution < 1.29 is 0 Å². The first kappa shape index (κ1) is 12.8. The molecule has 2 rings (SSSR count). The van der Waals surface area contributed by atoms with E-state index in [1.165, 1.54) is 26.4 Å². The van der Waals surface area contributed by atoms with E-state index in [1.54, 1.807) is 0 Å². The monoisotopic (exact) mass is 308 g/mol. The lowest BCUT2D eigenvalue weighted by Crippen LogP contribution is -1.90. The van der Waals surface area contributed by atoms with Gasteiger partial charge >= 0.3 is 0 Å². The van der Waals surface area contributed by atoms with Gasteiger partial charge in [0.1, 0.15) is 0 Å². The average molecular weight is 309 g/mol. The van der Waals surface area contributed by atoms with Gasteiger partial charge in [0.15, 0.2) is 0 Å². The lowest BCUT2D eigenvalue weighted by Gasteiger charge is -2.08. The van der Waals surface area contributed by atoms with Crippen LogP contribution in [-0.2, 0) is 6.42 Å². The number of alkyl halides is 1. The number of thiophene rings is 1. The Kier molecular flexibility index (Phi) is 4.05. The number of rotatable bonds is 3. The molecule has 1 heterocycles. The van der Waals surface area contributed by atoms with Gasteiger partial charge in [-0.3, -0.25) is 0 Å². The molecule has 0 bridgehead atoms. The average Bonchev–Trinajstić information content (AvgIpc) is 2.69. The Hall–Kier alpha value is -0.600. The first-order chi connectivity index (χ1) is 8.11. The number of aryl methyl sites for hydroxylation is 3. The molecule has 0 saturated carbocycles. The van der Waals surface area contributed by atoms with Gasteiger partial charge in [-0.15, -0.1) is 11.3 Å². The zero-order chi connectivity index (χ0) is 12.4. The van der Waals surface area contributed by atoms with Gasteiger partial charge in [0.2, 0.25) is 0 Å². The molecule has 1 atom stereocenters. The molecule has 0 aliphatic heterocycles. The van der Waals surface area contributed by atoms with Crippen molar-refractivity contribution in [1.82, 2.24) is 0 Å². The fourth-order valence-electron chi connectivity index (χ4n) is 1.81. The molecule has 0 saturated heterocycles. The van der Waals surface area contributed by atoms with E-state index in [2.05, 4.69) is 67.0 Å². The zero-order valence-electron chi connectivity index (χ0n) is 10.5. The second kappa shape index (κ2) is 5.36. The van der Waals surface area contributed by atoms with Crippen LogP contribution in [0.5, 0.6) is 0 Å². The van der Waals surface area contributed by atoms with Crippen molar-refractivity contribution >= 4 is 27.3 Å². The normalized spacial score (nSPS) is 12.7. The quantitative estimate of drug-likeness (QED) is 0.665. The third-order valence-electron chi connectivity index (χ3n) is 3.12. The maximum atomic E-state index is 3.80. The van der Waals surface area contributed by atoms with Gasteiger partial charge in [0, 0.05) is 9.75 Å². The van der Waals surface area contributed by atoms with E-state index in [0.29, 0.717) is 4.83 Å². The van der Waals surface area contributed by atoms with E-state index in [9.17, 15) is 0 Å². The first-order valence-electron chi connectivity index (χ1n) is 5.91. The van der Waals surface area contributed by atoms with Gasteiger partial charge in [0.05, 0.1) is 4.83 Å². The van der Waals surface area contributed by atoms with Gasteiger partial charge in [-0.25, -0.2) is 0 Å². The van der Waals surface area contributed by atoms with Gasteiger partial charge in [-0.05, 0) is 43.0 Å². The molecule has 0 aliphatic rings. The summed E-state index contributed by atoms with van der Waals surface area (Å²) in [5, 5.41) is 0. The van der Waals surface area contributed by atoms with E-state index in [4.69, 9.17) is 0 Å². The highest BCUT2D eigenvalue weighted by Crippen LogP contribution is 2.36. The Balaban J connectivity index is 2.26.